The Morgan fingerprint density at radius 1 is 1.03 bits per heavy atom. The maximum Gasteiger partial charge on any atom is 0.416 e. The van der Waals surface area contributed by atoms with Crippen LogP contribution in [0.3, 0.4) is 0 Å². The fourth-order valence-corrected chi connectivity index (χ4v) is 4.73. The Hall–Kier alpha value is -3.66. The maximum atomic E-state index is 13.1. The van der Waals surface area contributed by atoms with Gasteiger partial charge in [-0.1, -0.05) is 45.0 Å². The third-order valence-corrected chi connectivity index (χ3v) is 6.87. The highest BCUT2D eigenvalue weighted by molar-refractivity contribution is 7.09. The van der Waals surface area contributed by atoms with Gasteiger partial charge in [0.2, 0.25) is 0 Å². The lowest BCUT2D eigenvalue weighted by Gasteiger charge is -2.17. The molecule has 0 saturated carbocycles. The molecule has 1 heterocycles. The molecule has 0 spiro atoms. The molecule has 0 bridgehead atoms. The van der Waals surface area contributed by atoms with Crippen molar-refractivity contribution < 1.29 is 27.6 Å². The highest BCUT2D eigenvalue weighted by Crippen LogP contribution is 2.30. The Bertz CT molecular complexity index is 1410. The summed E-state index contributed by atoms with van der Waals surface area (Å²) in [7, 11) is 0. The number of halogens is 3. The number of carbonyl (C=O) groups is 3. The number of hydrogen-bond donors (Lipinski definition) is 0. The van der Waals surface area contributed by atoms with Crippen LogP contribution in [0.4, 0.5) is 13.2 Å². The third kappa shape index (κ3) is 6.12. The van der Waals surface area contributed by atoms with Crippen molar-refractivity contribution in [3.05, 3.63) is 86.2 Å². The van der Waals surface area contributed by atoms with Crippen molar-refractivity contribution in [1.82, 2.24) is 4.57 Å². The zero-order valence-corrected chi connectivity index (χ0v) is 20.9. The van der Waals surface area contributed by atoms with Gasteiger partial charge in [0, 0.05) is 27.9 Å². The number of amides is 2. The van der Waals surface area contributed by atoms with Crippen molar-refractivity contribution in [2.24, 2.45) is 9.98 Å². The lowest BCUT2D eigenvalue weighted by Crippen LogP contribution is -2.20. The van der Waals surface area contributed by atoms with Gasteiger partial charge in [-0.15, -0.1) is 11.3 Å². The number of nitrogens with zero attached hydrogens (tertiary/aromatic N) is 3. The molecule has 0 unspecified atom stereocenters. The molecule has 3 rings (SSSR count). The van der Waals surface area contributed by atoms with E-state index >= 15 is 0 Å². The molecule has 0 N–H and O–H groups in total. The molecular weight excluding hydrogens is 491 g/mol. The Labute approximate surface area is 209 Å². The van der Waals surface area contributed by atoms with Crippen LogP contribution in [0.25, 0.3) is 0 Å². The van der Waals surface area contributed by atoms with Crippen molar-refractivity contribution in [2.75, 3.05) is 0 Å². The van der Waals surface area contributed by atoms with Crippen LogP contribution in [0.5, 0.6) is 0 Å². The number of alkyl halides is 3. The van der Waals surface area contributed by atoms with Gasteiger partial charge in [0.15, 0.2) is 11.1 Å². The minimum Gasteiger partial charge on any atom is -0.315 e. The summed E-state index contributed by atoms with van der Waals surface area (Å²) >= 11 is 1.25. The van der Waals surface area contributed by atoms with Gasteiger partial charge in [0.05, 0.1) is 17.7 Å². The van der Waals surface area contributed by atoms with Crippen molar-refractivity contribution in [2.45, 2.75) is 45.8 Å². The molecule has 0 radical (unpaired) electrons. The number of carbonyl (C=O) groups excluding carboxylic acids is 3. The summed E-state index contributed by atoms with van der Waals surface area (Å²) in [4.78, 5) is 45.7. The molecule has 36 heavy (non-hydrogen) atoms. The van der Waals surface area contributed by atoms with Crippen LogP contribution in [0, 0.1) is 6.92 Å². The number of rotatable bonds is 5. The minimum atomic E-state index is -4.58. The maximum absolute atomic E-state index is 13.1. The van der Waals surface area contributed by atoms with Crippen molar-refractivity contribution in [3.63, 3.8) is 0 Å². The normalized spacial score (nSPS) is 12.8. The second-order valence-corrected chi connectivity index (χ2v) is 9.95. The zero-order valence-electron chi connectivity index (χ0n) is 20.1. The predicted octanol–water partition coefficient (Wildman–Crippen LogP) is 5.64. The summed E-state index contributed by atoms with van der Waals surface area (Å²) in [6, 6.07) is 10.4. The van der Waals surface area contributed by atoms with Gasteiger partial charge in [-0.3, -0.25) is 14.4 Å². The molecule has 10 heteroatoms. The second kappa shape index (κ2) is 10.5. The lowest BCUT2D eigenvalue weighted by molar-refractivity contribution is -0.137. The van der Waals surface area contributed by atoms with Gasteiger partial charge >= 0.3 is 6.18 Å². The fourth-order valence-electron chi connectivity index (χ4n) is 3.53. The van der Waals surface area contributed by atoms with Crippen LogP contribution >= 0.6 is 11.3 Å². The van der Waals surface area contributed by atoms with E-state index in [-0.39, 0.29) is 33.5 Å². The molecule has 0 fully saturated rings. The molecule has 0 atom stereocenters. The van der Waals surface area contributed by atoms with E-state index in [1.54, 1.807) is 16.7 Å². The number of thiazole rings is 1. The molecular formula is C26H24F3N3O3S. The van der Waals surface area contributed by atoms with Crippen molar-refractivity contribution in [1.29, 1.82) is 0 Å². The van der Waals surface area contributed by atoms with E-state index in [0.29, 0.717) is 6.29 Å². The topological polar surface area (TPSA) is 80.9 Å². The zero-order chi connectivity index (χ0) is 26.7. The molecule has 0 saturated heterocycles. The van der Waals surface area contributed by atoms with E-state index in [2.05, 4.69) is 9.98 Å². The number of aldehydes is 1. The molecule has 2 aromatic carbocycles. The SMILES string of the molecule is Cc1c(C(C)(C)C)sc(=NC(=O)c2cccc(C(F)(F)F)c2)n1CC=NC(=O)c1ccccc1C=O. The summed E-state index contributed by atoms with van der Waals surface area (Å²) in [6.45, 7) is 7.89. The number of hydrogen-bond acceptors (Lipinski definition) is 4. The van der Waals surface area contributed by atoms with Crippen molar-refractivity contribution >= 4 is 35.7 Å². The quantitative estimate of drug-likeness (QED) is 0.326. The first-order valence-electron chi connectivity index (χ1n) is 10.9. The summed E-state index contributed by atoms with van der Waals surface area (Å²) < 4.78 is 40.9. The van der Waals surface area contributed by atoms with Gasteiger partial charge < -0.3 is 4.57 Å². The van der Waals surface area contributed by atoms with Crippen LogP contribution < -0.4 is 4.80 Å². The fraction of sp³-hybridized carbons (Fsp3) is 0.269. The summed E-state index contributed by atoms with van der Waals surface area (Å²) in [5.41, 5.74) is -0.244. The highest BCUT2D eigenvalue weighted by Gasteiger charge is 2.31. The monoisotopic (exact) mass is 515 g/mol. The van der Waals surface area contributed by atoms with E-state index in [1.807, 2.05) is 27.7 Å². The molecule has 0 aliphatic carbocycles. The van der Waals surface area contributed by atoms with E-state index in [0.717, 1.165) is 28.8 Å². The van der Waals surface area contributed by atoms with E-state index in [9.17, 15) is 27.6 Å². The van der Waals surface area contributed by atoms with Gasteiger partial charge in [-0.05, 0) is 36.6 Å². The molecule has 0 aliphatic rings. The number of benzene rings is 2. The third-order valence-electron chi connectivity index (χ3n) is 5.26. The smallest absolute Gasteiger partial charge is 0.315 e. The molecule has 2 amide bonds. The van der Waals surface area contributed by atoms with Gasteiger partial charge in [-0.25, -0.2) is 4.99 Å². The van der Waals surface area contributed by atoms with Gasteiger partial charge in [-0.2, -0.15) is 18.2 Å². The average molecular weight is 516 g/mol. The number of aliphatic imine (C=N–C) groups is 1. The van der Waals surface area contributed by atoms with E-state index in [1.165, 1.54) is 35.8 Å². The Kier molecular flexibility index (Phi) is 7.88. The summed E-state index contributed by atoms with van der Waals surface area (Å²) in [5, 5.41) is 0. The summed E-state index contributed by atoms with van der Waals surface area (Å²) in [5.74, 6) is -1.41. The Morgan fingerprint density at radius 3 is 2.36 bits per heavy atom. The van der Waals surface area contributed by atoms with Gasteiger partial charge in [0.1, 0.15) is 0 Å². The average Bonchev–Trinajstić information content (AvgIpc) is 3.13. The molecule has 0 aliphatic heterocycles. The van der Waals surface area contributed by atoms with E-state index in [4.69, 9.17) is 0 Å². The largest absolute Gasteiger partial charge is 0.416 e. The van der Waals surface area contributed by atoms with Crippen LogP contribution in [0.2, 0.25) is 0 Å². The van der Waals surface area contributed by atoms with Crippen LogP contribution in [0.1, 0.15) is 68.0 Å². The minimum absolute atomic E-state index is 0.0854. The van der Waals surface area contributed by atoms with Crippen LogP contribution in [0.15, 0.2) is 58.5 Å². The first kappa shape index (κ1) is 26.9. The molecule has 6 nitrogen and oxygen atoms in total. The van der Waals surface area contributed by atoms with Crippen LogP contribution in [-0.2, 0) is 18.1 Å². The first-order chi connectivity index (χ1) is 16.8. The van der Waals surface area contributed by atoms with Crippen LogP contribution in [-0.4, -0.2) is 28.9 Å². The molecule has 188 valence electrons. The Morgan fingerprint density at radius 2 is 1.72 bits per heavy atom. The Balaban J connectivity index is 1.99. The van der Waals surface area contributed by atoms with Gasteiger partial charge in [0.25, 0.3) is 11.8 Å². The standard InChI is InChI=1S/C26H24F3N3O3S/c1-16-21(25(2,3)4)36-24(31-22(34)17-9-7-10-19(14-17)26(27,28)29)32(16)13-12-30-23(35)20-11-6-5-8-18(20)15-33/h5-12,14-15H,13H2,1-4H3. The number of aromatic nitrogens is 1. The van der Waals surface area contributed by atoms with E-state index < -0.39 is 23.6 Å². The summed E-state index contributed by atoms with van der Waals surface area (Å²) in [6.07, 6.45) is -2.66. The highest BCUT2D eigenvalue weighted by atomic mass is 32.1. The van der Waals surface area contributed by atoms with Crippen molar-refractivity contribution in [3.8, 4) is 0 Å². The first-order valence-corrected chi connectivity index (χ1v) is 11.7. The molecule has 3 aromatic rings. The predicted molar refractivity (Wildman–Crippen MR) is 132 cm³/mol. The lowest BCUT2D eigenvalue weighted by atomic mass is 9.93. The molecule has 1 aromatic heterocycles. The second-order valence-electron chi connectivity index (χ2n) is 8.98.